The van der Waals surface area contributed by atoms with Crippen molar-refractivity contribution in [1.82, 2.24) is 0 Å². The first-order chi connectivity index (χ1) is 52.2. The molecule has 11 rings (SSSR count). The molecule has 1 aromatic carbocycles. The number of ether oxygens (including phenoxy) is 5. The lowest BCUT2D eigenvalue weighted by atomic mass is 9.89. The molecule has 4 saturated heterocycles. The number of aliphatic hydroxyl groups is 4. The first kappa shape index (κ1) is 103. The van der Waals surface area contributed by atoms with Crippen molar-refractivity contribution in [3.63, 3.8) is 0 Å². The topological polar surface area (TPSA) is 424 Å². The van der Waals surface area contributed by atoms with Crippen LogP contribution in [0.25, 0.3) is 0 Å². The Morgan fingerprint density at radius 3 is 0.983 bits per heavy atom. The molecule has 0 aromatic heterocycles. The van der Waals surface area contributed by atoms with E-state index in [9.17, 15) is 162 Å². The van der Waals surface area contributed by atoms with Crippen LogP contribution >= 0.6 is 11.8 Å². The van der Waals surface area contributed by atoms with Crippen LogP contribution in [-0.2, 0) is 78.5 Å². The van der Waals surface area contributed by atoms with Gasteiger partial charge in [0.15, 0.2) is 40.5 Å². The number of hydrogen-bond donors (Lipinski definition) is 4. The summed E-state index contributed by atoms with van der Waals surface area (Å²) in [7, 11) is -26.1. The van der Waals surface area contributed by atoms with Crippen LogP contribution in [0.2, 0.25) is 0 Å². The van der Waals surface area contributed by atoms with Gasteiger partial charge in [-0.25, -0.2) is 38.5 Å². The smallest absolute Gasteiger partial charge is 0.396 e. The third-order valence-corrected chi connectivity index (χ3v) is 26.6. The van der Waals surface area contributed by atoms with Crippen molar-refractivity contribution in [3.8, 4) is 0 Å². The molecule has 0 spiro atoms. The number of fused-ring (bicyclic) bond motifs is 6. The Labute approximate surface area is 660 Å². The fourth-order valence-electron chi connectivity index (χ4n) is 14.3. The monoisotopic (exact) mass is 1790 g/mol. The van der Waals surface area contributed by atoms with Gasteiger partial charge in [0.25, 0.3) is 0 Å². The zero-order valence-corrected chi connectivity index (χ0v) is 67.2. The van der Waals surface area contributed by atoms with E-state index in [0.717, 1.165) is 89.9 Å². The Morgan fingerprint density at radius 2 is 0.739 bits per heavy atom. The molecule has 6 bridgehead atoms. The molecule has 9 unspecified atom stereocenters. The van der Waals surface area contributed by atoms with Gasteiger partial charge in [0.2, 0.25) is 0 Å². The van der Waals surface area contributed by atoms with E-state index >= 15 is 0 Å². The number of halogens is 16. The number of esters is 4. The van der Waals surface area contributed by atoms with Crippen LogP contribution in [0.3, 0.4) is 0 Å². The van der Waals surface area contributed by atoms with Gasteiger partial charge in [0.05, 0.1) is 110 Å². The summed E-state index contributed by atoms with van der Waals surface area (Å²) in [4.78, 5) is 46.4. The maximum absolute atomic E-state index is 13.2. The van der Waals surface area contributed by atoms with Gasteiger partial charge in [-0.1, -0.05) is 76.0 Å². The molecule has 115 heavy (non-hydrogen) atoms. The molecule has 1 aromatic rings. The molecule has 0 radical (unpaired) electrons. The Morgan fingerprint density at radius 1 is 0.417 bits per heavy atom. The van der Waals surface area contributed by atoms with E-state index in [1.54, 1.807) is 17.8 Å². The molecule has 10 aliphatic rings. The van der Waals surface area contributed by atoms with Gasteiger partial charge in [-0.15, -0.1) is 0 Å². The second-order valence-corrected chi connectivity index (χ2v) is 38.5. The standard InChI is InChI=1S/C12H16F4O5S.C11H14F4O6S.C11H14F4O5S2.C11H10F4O5S.4C6H12O/c13-11(14,12(15,16)22(18,19)20)3-4-21-10(17)9-6-7-1-2-8(9)5-7;2*12-10(13,11(14,15)22(17,18)19)3-4-20-9(16)7-5-6-1-2-8(7)21-6;12-10(13,11(14,15)21(17,18)19)6-7-20-9(16)8-4-2-1-3-5-8;4*1-6(7)4-2-3-5-6/h7-9H,1-6H2,(H,18,19,20);2*6-8H,1-5H2,(H,17,18,19);1-5H,6-7H2,(H,17,18,19);4*7H,2-5H2,1H3/p-4. The van der Waals surface area contributed by atoms with Crippen molar-refractivity contribution >= 4 is 76.1 Å². The largest absolute Gasteiger partial charge is 0.743 e. The van der Waals surface area contributed by atoms with E-state index in [-0.39, 0.29) is 51.3 Å². The molecular weight excluding hydrogens is 1690 g/mol. The van der Waals surface area contributed by atoms with Gasteiger partial charge in [-0.2, -0.15) is 82.0 Å². The number of carbonyl (C=O) groups excluding carboxylic acids is 4. The zero-order valence-electron chi connectivity index (χ0n) is 63.1. The first-order valence-corrected chi connectivity index (χ1v) is 43.5. The second kappa shape index (κ2) is 40.6. The van der Waals surface area contributed by atoms with Crippen LogP contribution in [-0.4, -0.2) is 212 Å². The summed E-state index contributed by atoms with van der Waals surface area (Å²) < 4.78 is 353. The van der Waals surface area contributed by atoms with E-state index in [2.05, 4.69) is 18.9 Å². The van der Waals surface area contributed by atoms with Gasteiger partial charge < -0.3 is 62.3 Å². The van der Waals surface area contributed by atoms with Crippen molar-refractivity contribution in [2.24, 2.45) is 29.6 Å². The highest BCUT2D eigenvalue weighted by Crippen LogP contribution is 2.52. The molecule has 6 saturated carbocycles. The highest BCUT2D eigenvalue weighted by Gasteiger charge is 2.65. The fourth-order valence-corrected chi connectivity index (χ4v) is 17.9. The van der Waals surface area contributed by atoms with E-state index in [0.29, 0.717) is 36.9 Å². The molecule has 4 N–H and O–H groups in total. The number of hydrogen-bond acceptors (Lipinski definition) is 26. The molecule has 0 amide bonds. The van der Waals surface area contributed by atoms with Crippen molar-refractivity contribution in [2.45, 2.75) is 310 Å². The zero-order chi connectivity index (χ0) is 87.9. The highest BCUT2D eigenvalue weighted by atomic mass is 32.2. The molecule has 46 heteroatoms. The minimum Gasteiger partial charge on any atom is -0.743 e. The number of rotatable bonds is 24. The Hall–Kier alpha value is -4.23. The normalized spacial score (nSPS) is 25.8. The maximum Gasteiger partial charge on any atom is 0.396 e. The van der Waals surface area contributed by atoms with Crippen LogP contribution in [0.4, 0.5) is 70.2 Å². The number of carbonyl (C=O) groups is 4. The van der Waals surface area contributed by atoms with E-state index in [1.807, 2.05) is 27.7 Å². The van der Waals surface area contributed by atoms with Crippen LogP contribution in [0.1, 0.15) is 231 Å². The molecule has 9 atom stereocenters. The minimum absolute atomic E-state index is 0.00372. The second-order valence-electron chi connectivity index (χ2n) is 31.2. The molecule has 4 aliphatic heterocycles. The lowest BCUT2D eigenvalue weighted by molar-refractivity contribution is -0.177. The summed E-state index contributed by atoms with van der Waals surface area (Å²) in [6.45, 7) is 3.23. The lowest BCUT2D eigenvalue weighted by Crippen LogP contribution is -2.47. The van der Waals surface area contributed by atoms with E-state index < -0.39 is 179 Å². The van der Waals surface area contributed by atoms with Gasteiger partial charge in [0, 0.05) is 10.5 Å². The first-order valence-electron chi connectivity index (χ1n) is 36.9. The summed E-state index contributed by atoms with van der Waals surface area (Å²) in [5, 5.41) is 14.1. The lowest BCUT2D eigenvalue weighted by Gasteiger charge is -2.28. The average Bonchev–Trinajstić information content (AvgIpc) is 1.63. The SMILES string of the molecule is CC1(O)CCCC1.CC1(O)CCCC1.CC1(O)CCCC1.CC1(O)CCCC1.O=C(OCCC(F)(F)C(F)(F)S(=O)(=O)[O-])C1CC2CCC1C2.O=C(OCCC(F)(F)C(F)(F)S(=O)(=O)[O-])C1CC2CCC1O2.O=C(OCCC(F)(F)C(F)(F)S(=O)(=O)[O-])C1CC2CCC1S2.O=C(OCCC(F)(F)C(F)(F)S(=O)(=O)[O-])c1ccccc1. The maximum atomic E-state index is 13.2. The molecule has 670 valence electrons. The van der Waals surface area contributed by atoms with Gasteiger partial charge in [-0.3, -0.25) is 14.4 Å². The average molecular weight is 1790 g/mol. The minimum atomic E-state index is -6.54. The van der Waals surface area contributed by atoms with Crippen molar-refractivity contribution < 1.29 is 185 Å². The summed E-state index contributed by atoms with van der Waals surface area (Å²) >= 11 is 1.62. The number of alkyl halides is 16. The quantitative estimate of drug-likeness (QED) is 0.0323. The summed E-state index contributed by atoms with van der Waals surface area (Å²) in [6, 6.07) is 7.10. The molecular formula is C69H98F16O25S5-4. The third kappa shape index (κ3) is 29.8. The Kier molecular flexibility index (Phi) is 36.4. The Bertz CT molecular complexity index is 3460. The third-order valence-electron chi connectivity index (χ3n) is 21.2. The predicted molar refractivity (Wildman–Crippen MR) is 370 cm³/mol. The number of thioether (sulfide) groups is 1. The van der Waals surface area contributed by atoms with Gasteiger partial charge >= 0.3 is 68.6 Å². The van der Waals surface area contributed by atoms with Crippen molar-refractivity contribution in [1.29, 1.82) is 0 Å². The van der Waals surface area contributed by atoms with Gasteiger partial charge in [0.1, 0.15) is 0 Å². The predicted octanol–water partition coefficient (Wildman–Crippen LogP) is 12.6. The van der Waals surface area contributed by atoms with Gasteiger partial charge in [-0.05, 0) is 161 Å². The molecule has 4 heterocycles. The molecule has 10 fully saturated rings. The van der Waals surface area contributed by atoms with E-state index in [1.165, 1.54) is 75.6 Å². The molecule has 6 aliphatic carbocycles. The summed E-state index contributed by atoms with van der Waals surface area (Å²) in [5.41, 5.74) is -1.22. The van der Waals surface area contributed by atoms with Crippen LogP contribution in [0, 0.1) is 29.6 Å². The fraction of sp³-hybridized carbons (Fsp3) is 0.855. The van der Waals surface area contributed by atoms with Crippen LogP contribution in [0.15, 0.2) is 30.3 Å². The van der Waals surface area contributed by atoms with Crippen molar-refractivity contribution in [3.05, 3.63) is 35.9 Å². The van der Waals surface area contributed by atoms with Crippen LogP contribution in [0.5, 0.6) is 0 Å². The molecule has 25 nitrogen and oxygen atoms in total. The van der Waals surface area contributed by atoms with Crippen LogP contribution < -0.4 is 0 Å². The summed E-state index contributed by atoms with van der Waals surface area (Å²) in [5.74, 6) is -24.8. The van der Waals surface area contributed by atoms with E-state index in [4.69, 9.17) is 4.74 Å². The Balaban J connectivity index is 0.000000289. The summed E-state index contributed by atoms with van der Waals surface area (Å²) in [6.07, 6.45) is 17.8. The van der Waals surface area contributed by atoms with Crippen molar-refractivity contribution in [2.75, 3.05) is 26.4 Å². The highest BCUT2D eigenvalue weighted by molar-refractivity contribution is 8.01. The number of benzene rings is 1.